The number of benzene rings is 2. The smallest absolute Gasteiger partial charge is 0.354 e. The SMILES string of the molecule is CN1c2ccccc2C(C)(C)c2cc[c-]c(-c3ccc(-c4ccncc4)cn3)c21.O=C(O)c1ccc(C2CCCC2)cn1.[Ir]. The number of hydrogen-bond acceptors (Lipinski definition) is 5. The molecule has 2 aliphatic rings. The normalized spacial score (nSPS) is 14.8. The number of carboxylic acids is 1. The zero-order valence-corrected chi connectivity index (χ0v) is 27.5. The Kier molecular flexibility index (Phi) is 9.38. The Labute approximate surface area is 272 Å². The maximum Gasteiger partial charge on any atom is 0.354 e. The van der Waals surface area contributed by atoms with E-state index in [-0.39, 0.29) is 31.2 Å². The molecule has 44 heavy (non-hydrogen) atoms. The summed E-state index contributed by atoms with van der Waals surface area (Å²) in [5, 5.41) is 8.68. The second kappa shape index (κ2) is 13.2. The molecule has 0 bridgehead atoms. The maximum absolute atomic E-state index is 10.6. The summed E-state index contributed by atoms with van der Waals surface area (Å²) < 4.78 is 0. The van der Waals surface area contributed by atoms with Crippen molar-refractivity contribution in [3.05, 3.63) is 126 Å². The van der Waals surface area contributed by atoms with Crippen LogP contribution in [0.1, 0.15) is 72.6 Å². The Hall–Kier alpha value is -4.19. The van der Waals surface area contributed by atoms with Gasteiger partial charge in [-0.15, -0.1) is 23.8 Å². The summed E-state index contributed by atoms with van der Waals surface area (Å²) in [6.45, 7) is 4.59. The van der Waals surface area contributed by atoms with Crippen LogP contribution in [0.4, 0.5) is 11.4 Å². The molecule has 0 unspecified atom stereocenters. The number of fused-ring (bicyclic) bond motifs is 2. The van der Waals surface area contributed by atoms with Crippen LogP contribution in [0.5, 0.6) is 0 Å². The average Bonchev–Trinajstić information content (AvgIpc) is 3.60. The van der Waals surface area contributed by atoms with E-state index in [9.17, 15) is 4.79 Å². The monoisotopic (exact) mass is 760 g/mol. The van der Waals surface area contributed by atoms with Crippen LogP contribution in [-0.4, -0.2) is 33.1 Å². The van der Waals surface area contributed by atoms with Crippen molar-refractivity contribution in [2.75, 3.05) is 11.9 Å². The fourth-order valence-electron chi connectivity index (χ4n) is 6.39. The van der Waals surface area contributed by atoms with Gasteiger partial charge >= 0.3 is 5.97 Å². The third-order valence-electron chi connectivity index (χ3n) is 8.78. The van der Waals surface area contributed by atoms with Gasteiger partial charge in [0.25, 0.3) is 0 Å². The summed E-state index contributed by atoms with van der Waals surface area (Å²) in [6, 6.07) is 28.0. The van der Waals surface area contributed by atoms with Gasteiger partial charge in [0.15, 0.2) is 0 Å². The molecule has 0 saturated heterocycles. The van der Waals surface area contributed by atoms with Crippen LogP contribution in [0.3, 0.4) is 0 Å². The molecule has 6 nitrogen and oxygen atoms in total. The molecule has 7 rings (SSSR count). The van der Waals surface area contributed by atoms with Crippen molar-refractivity contribution in [2.45, 2.75) is 50.9 Å². The van der Waals surface area contributed by atoms with Crippen LogP contribution in [0.2, 0.25) is 0 Å². The second-order valence-corrected chi connectivity index (χ2v) is 11.7. The standard InChI is InChI=1S/C26H22N3.C11H13NO2.Ir/c1-26(2)21-8-4-5-10-24(21)29(3)25-20(7-6-9-22(25)26)23-12-11-19(17-28-23)18-13-15-27-16-14-18;13-11(14)10-6-5-9(7-12-10)8-3-1-2-4-8;/h4-6,8-17H,1-3H3;5-8H,1-4H2,(H,13,14);/q-1;;. The minimum atomic E-state index is -0.956. The first-order chi connectivity index (χ1) is 20.8. The van der Waals surface area contributed by atoms with E-state index in [0.717, 1.165) is 22.4 Å². The molecule has 0 spiro atoms. The van der Waals surface area contributed by atoms with E-state index in [1.165, 1.54) is 53.7 Å². The number of para-hydroxylation sites is 1. The molecular weight excluding hydrogens is 725 g/mol. The van der Waals surface area contributed by atoms with Gasteiger partial charge in [-0.25, -0.2) is 9.78 Å². The number of pyridine rings is 3. The van der Waals surface area contributed by atoms with E-state index < -0.39 is 5.97 Å². The molecule has 0 amide bonds. The second-order valence-electron chi connectivity index (χ2n) is 11.7. The molecule has 1 saturated carbocycles. The Morgan fingerprint density at radius 3 is 2.30 bits per heavy atom. The van der Waals surface area contributed by atoms with Gasteiger partial charge in [0, 0.05) is 63.0 Å². The average molecular weight is 760 g/mol. The predicted molar refractivity (Wildman–Crippen MR) is 171 cm³/mol. The first-order valence-electron chi connectivity index (χ1n) is 14.8. The summed E-state index contributed by atoms with van der Waals surface area (Å²) >= 11 is 0. The molecule has 1 aliphatic heterocycles. The molecule has 1 N–H and O–H groups in total. The number of aromatic nitrogens is 3. The fraction of sp³-hybridized carbons (Fsp3) is 0.243. The molecule has 0 atom stereocenters. The summed E-state index contributed by atoms with van der Waals surface area (Å²) in [6.07, 6.45) is 12.2. The summed E-state index contributed by atoms with van der Waals surface area (Å²) in [5.41, 5.74) is 10.5. The fourth-order valence-corrected chi connectivity index (χ4v) is 6.39. The van der Waals surface area contributed by atoms with Crippen molar-refractivity contribution in [3.63, 3.8) is 0 Å². The van der Waals surface area contributed by atoms with Gasteiger partial charge in [0.2, 0.25) is 0 Å². The number of carbonyl (C=O) groups is 1. The van der Waals surface area contributed by atoms with Gasteiger partial charge in [0.05, 0.1) is 0 Å². The van der Waals surface area contributed by atoms with E-state index >= 15 is 0 Å². The van der Waals surface area contributed by atoms with Gasteiger partial charge in [-0.2, -0.15) is 0 Å². The van der Waals surface area contributed by atoms with Crippen LogP contribution in [0.25, 0.3) is 22.4 Å². The molecule has 1 aliphatic carbocycles. The Balaban J connectivity index is 0.000000216. The topological polar surface area (TPSA) is 79.2 Å². The van der Waals surface area contributed by atoms with Crippen LogP contribution in [-0.2, 0) is 25.5 Å². The van der Waals surface area contributed by atoms with E-state index in [0.29, 0.717) is 5.92 Å². The number of aromatic carboxylic acids is 1. The maximum atomic E-state index is 10.6. The molecule has 225 valence electrons. The zero-order chi connectivity index (χ0) is 30.0. The van der Waals surface area contributed by atoms with Gasteiger partial charge in [0.1, 0.15) is 5.69 Å². The third kappa shape index (κ3) is 6.08. The van der Waals surface area contributed by atoms with Crippen LogP contribution in [0.15, 0.2) is 97.6 Å². The molecule has 4 heterocycles. The van der Waals surface area contributed by atoms with Crippen molar-refractivity contribution in [2.24, 2.45) is 0 Å². The largest absolute Gasteiger partial charge is 0.477 e. The number of hydrogen-bond donors (Lipinski definition) is 1. The third-order valence-corrected chi connectivity index (χ3v) is 8.78. The van der Waals surface area contributed by atoms with Gasteiger partial charge in [-0.3, -0.25) is 4.98 Å². The first-order valence-corrected chi connectivity index (χ1v) is 14.8. The Morgan fingerprint density at radius 1 is 0.886 bits per heavy atom. The van der Waals surface area contributed by atoms with E-state index in [1.807, 2.05) is 30.5 Å². The minimum Gasteiger partial charge on any atom is -0.477 e. The van der Waals surface area contributed by atoms with Crippen LogP contribution < -0.4 is 4.90 Å². The molecule has 3 aromatic heterocycles. The summed E-state index contributed by atoms with van der Waals surface area (Å²) in [4.78, 5) is 25.7. The zero-order valence-electron chi connectivity index (χ0n) is 25.1. The van der Waals surface area contributed by atoms with E-state index in [4.69, 9.17) is 10.1 Å². The van der Waals surface area contributed by atoms with Gasteiger partial charge in [-0.1, -0.05) is 68.7 Å². The Bertz CT molecular complexity index is 1730. The molecule has 1 fully saturated rings. The molecule has 1 radical (unpaired) electrons. The van der Waals surface area contributed by atoms with Gasteiger partial charge in [-0.05, 0) is 76.7 Å². The van der Waals surface area contributed by atoms with Crippen LogP contribution >= 0.6 is 0 Å². The van der Waals surface area contributed by atoms with Gasteiger partial charge < -0.3 is 15.0 Å². The molecular formula is C37H35IrN4O2-. The number of nitrogens with zero attached hydrogens (tertiary/aromatic N) is 4. The molecule has 7 heteroatoms. The van der Waals surface area contributed by atoms with E-state index in [1.54, 1.807) is 24.7 Å². The van der Waals surface area contributed by atoms with Crippen molar-refractivity contribution >= 4 is 17.3 Å². The van der Waals surface area contributed by atoms with E-state index in [2.05, 4.69) is 84.3 Å². The van der Waals surface area contributed by atoms with Crippen molar-refractivity contribution < 1.29 is 30.0 Å². The predicted octanol–water partition coefficient (Wildman–Crippen LogP) is 8.45. The minimum absolute atomic E-state index is 0. The summed E-state index contributed by atoms with van der Waals surface area (Å²) in [7, 11) is 2.13. The van der Waals surface area contributed by atoms with Crippen molar-refractivity contribution in [3.8, 4) is 22.4 Å². The first kappa shape index (κ1) is 31.2. The van der Waals surface area contributed by atoms with Crippen molar-refractivity contribution in [1.82, 2.24) is 15.0 Å². The number of anilines is 2. The van der Waals surface area contributed by atoms with Crippen LogP contribution in [0, 0.1) is 6.07 Å². The number of carboxylic acid groups (broad SMARTS) is 1. The quantitative estimate of drug-likeness (QED) is 0.186. The number of rotatable bonds is 4. The molecule has 5 aromatic rings. The molecule has 2 aromatic carbocycles. The Morgan fingerprint density at radius 2 is 1.64 bits per heavy atom. The van der Waals surface area contributed by atoms with Crippen molar-refractivity contribution in [1.29, 1.82) is 0 Å². The summed E-state index contributed by atoms with van der Waals surface area (Å²) in [5.74, 6) is -0.353.